The maximum Gasteiger partial charge on any atom is 0.256 e. The Balaban J connectivity index is 1.75. The van der Waals surface area contributed by atoms with Crippen LogP contribution >= 0.6 is 15.9 Å². The fourth-order valence-electron chi connectivity index (χ4n) is 2.97. The minimum Gasteiger partial charge on any atom is -0.452 e. The molecule has 132 valence electrons. The monoisotopic (exact) mass is 414 g/mol. The summed E-state index contributed by atoms with van der Waals surface area (Å²) in [6.45, 7) is 3.78. The zero-order valence-corrected chi connectivity index (χ0v) is 15.6. The van der Waals surface area contributed by atoms with Gasteiger partial charge in [0.05, 0.1) is 5.57 Å². The Hall–Kier alpha value is -2.94. The molecule has 1 aliphatic heterocycles. The van der Waals surface area contributed by atoms with Crippen LogP contribution in [0.4, 0.5) is 11.6 Å². The third kappa shape index (κ3) is 2.90. The third-order valence-electron chi connectivity index (χ3n) is 4.10. The molecule has 0 aliphatic carbocycles. The second-order valence-corrected chi connectivity index (χ2v) is 6.76. The maximum atomic E-state index is 13.1. The number of anilines is 2. The molecule has 2 N–H and O–H groups in total. The Bertz CT molecular complexity index is 1020. The van der Waals surface area contributed by atoms with Crippen LogP contribution in [0.2, 0.25) is 0 Å². The van der Waals surface area contributed by atoms with Crippen LogP contribution in [-0.4, -0.2) is 26.1 Å². The molecule has 1 amide bonds. The summed E-state index contributed by atoms with van der Waals surface area (Å²) in [5, 5.41) is 17.7. The summed E-state index contributed by atoms with van der Waals surface area (Å²) in [7, 11) is 0. The van der Waals surface area contributed by atoms with Gasteiger partial charge in [-0.05, 0) is 70.0 Å². The molecule has 1 unspecified atom stereocenters. The van der Waals surface area contributed by atoms with E-state index < -0.39 is 6.04 Å². The number of aromatic nitrogens is 4. The van der Waals surface area contributed by atoms with Crippen molar-refractivity contribution in [1.29, 1.82) is 0 Å². The quantitative estimate of drug-likeness (QED) is 0.682. The highest BCUT2D eigenvalue weighted by Gasteiger charge is 2.36. The van der Waals surface area contributed by atoms with Gasteiger partial charge in [0.25, 0.3) is 5.91 Å². The van der Waals surface area contributed by atoms with E-state index in [9.17, 15) is 4.79 Å². The van der Waals surface area contributed by atoms with Crippen molar-refractivity contribution in [1.82, 2.24) is 20.2 Å². The summed E-state index contributed by atoms with van der Waals surface area (Å²) in [5.74, 6) is 0.757. The number of fused-ring (bicyclic) bond motifs is 1. The highest BCUT2D eigenvalue weighted by Crippen LogP contribution is 2.36. The maximum absolute atomic E-state index is 13.1. The molecule has 8 nitrogen and oxygen atoms in total. The molecule has 0 fully saturated rings. The van der Waals surface area contributed by atoms with Crippen LogP contribution in [0.15, 0.2) is 56.8 Å². The van der Waals surface area contributed by atoms with E-state index in [2.05, 4.69) is 42.1 Å². The summed E-state index contributed by atoms with van der Waals surface area (Å²) in [6, 6.07) is 10.6. The normalized spacial score (nSPS) is 16.2. The van der Waals surface area contributed by atoms with Crippen LogP contribution < -0.4 is 10.6 Å². The molecule has 3 aromatic rings. The van der Waals surface area contributed by atoms with Gasteiger partial charge in [-0.1, -0.05) is 17.2 Å². The molecule has 1 aliphatic rings. The first-order chi connectivity index (χ1) is 12.5. The van der Waals surface area contributed by atoms with Crippen molar-refractivity contribution < 1.29 is 9.21 Å². The van der Waals surface area contributed by atoms with Gasteiger partial charge in [0.1, 0.15) is 11.8 Å². The lowest BCUT2D eigenvalue weighted by atomic mass is 10.00. The zero-order chi connectivity index (χ0) is 18.3. The molecule has 0 spiro atoms. The highest BCUT2D eigenvalue weighted by molar-refractivity contribution is 9.10. The van der Waals surface area contributed by atoms with Gasteiger partial charge < -0.3 is 15.1 Å². The molecule has 9 heteroatoms. The Kier molecular flexibility index (Phi) is 4.08. The number of carbonyl (C=O) groups excluding carboxylic acids is 1. The lowest BCUT2D eigenvalue weighted by molar-refractivity contribution is -0.113. The molecule has 0 saturated heterocycles. The summed E-state index contributed by atoms with van der Waals surface area (Å²) in [4.78, 5) is 13.1. The van der Waals surface area contributed by atoms with Crippen LogP contribution in [-0.2, 0) is 4.79 Å². The number of furan rings is 1. The molecule has 1 atom stereocenters. The fraction of sp³-hybridized carbons (Fsp3) is 0.176. The van der Waals surface area contributed by atoms with Crippen LogP contribution in [0.25, 0.3) is 0 Å². The lowest BCUT2D eigenvalue weighted by Crippen LogP contribution is -2.31. The average molecular weight is 415 g/mol. The van der Waals surface area contributed by atoms with E-state index in [4.69, 9.17) is 4.42 Å². The van der Waals surface area contributed by atoms with Gasteiger partial charge in [-0.3, -0.25) is 4.79 Å². The summed E-state index contributed by atoms with van der Waals surface area (Å²) in [6.07, 6.45) is 0. The number of nitrogens with zero attached hydrogens (tertiary/aromatic N) is 4. The molecular formula is C17H15BrN6O2. The van der Waals surface area contributed by atoms with Crippen molar-refractivity contribution in [2.24, 2.45) is 0 Å². The van der Waals surface area contributed by atoms with Crippen molar-refractivity contribution in [3.8, 4) is 0 Å². The minimum absolute atomic E-state index is 0.251. The van der Waals surface area contributed by atoms with Gasteiger partial charge in [-0.15, -0.1) is 0 Å². The molecule has 3 heterocycles. The first-order valence-electron chi connectivity index (χ1n) is 7.92. The predicted molar refractivity (Wildman–Crippen MR) is 98.5 cm³/mol. The van der Waals surface area contributed by atoms with Gasteiger partial charge in [0, 0.05) is 11.4 Å². The Morgan fingerprint density at radius 2 is 2.15 bits per heavy atom. The molecule has 1 aromatic carbocycles. The van der Waals surface area contributed by atoms with Crippen LogP contribution in [0, 0.1) is 6.92 Å². The average Bonchev–Trinajstić information content (AvgIpc) is 3.22. The van der Waals surface area contributed by atoms with Gasteiger partial charge in [-0.25, -0.2) is 0 Å². The number of amides is 1. The molecular weight excluding hydrogens is 400 g/mol. The van der Waals surface area contributed by atoms with Crippen molar-refractivity contribution in [3.63, 3.8) is 0 Å². The topological polar surface area (TPSA) is 97.9 Å². The molecule has 0 radical (unpaired) electrons. The number of allylic oxidation sites excluding steroid dienone is 1. The minimum atomic E-state index is -0.572. The van der Waals surface area contributed by atoms with Crippen LogP contribution in [0.1, 0.15) is 24.3 Å². The first-order valence-corrected chi connectivity index (χ1v) is 8.71. The number of aryl methyl sites for hydroxylation is 1. The molecule has 4 rings (SSSR count). The van der Waals surface area contributed by atoms with E-state index in [0.29, 0.717) is 27.6 Å². The first kappa shape index (κ1) is 16.5. The zero-order valence-electron chi connectivity index (χ0n) is 14.0. The SMILES string of the molecule is CC1=C(C(=O)Nc2cccc(C)c2)C(c2ccc(Br)o2)n2nnnc2N1. The van der Waals surface area contributed by atoms with E-state index in [1.807, 2.05) is 38.1 Å². The molecule has 26 heavy (non-hydrogen) atoms. The molecule has 0 saturated carbocycles. The smallest absolute Gasteiger partial charge is 0.256 e. The highest BCUT2D eigenvalue weighted by atomic mass is 79.9. The van der Waals surface area contributed by atoms with Crippen molar-refractivity contribution in [2.75, 3.05) is 10.6 Å². The number of rotatable bonds is 3. The number of hydrogen-bond acceptors (Lipinski definition) is 6. The summed E-state index contributed by atoms with van der Waals surface area (Å²) >= 11 is 3.30. The summed E-state index contributed by atoms with van der Waals surface area (Å²) < 4.78 is 7.80. The largest absolute Gasteiger partial charge is 0.452 e. The van der Waals surface area contributed by atoms with Crippen molar-refractivity contribution in [2.45, 2.75) is 19.9 Å². The number of benzene rings is 1. The Morgan fingerprint density at radius 3 is 2.88 bits per heavy atom. The van der Waals surface area contributed by atoms with E-state index in [1.165, 1.54) is 4.68 Å². The van der Waals surface area contributed by atoms with Gasteiger partial charge in [-0.2, -0.15) is 4.68 Å². The third-order valence-corrected chi connectivity index (χ3v) is 4.52. The van der Waals surface area contributed by atoms with Crippen LogP contribution in [0.5, 0.6) is 0 Å². The Morgan fingerprint density at radius 1 is 1.31 bits per heavy atom. The number of tetrazole rings is 1. The second kappa shape index (κ2) is 6.41. The van der Waals surface area contributed by atoms with E-state index >= 15 is 0 Å². The molecule has 0 bridgehead atoms. The lowest BCUT2D eigenvalue weighted by Gasteiger charge is -2.26. The number of nitrogens with one attached hydrogen (secondary N) is 2. The van der Waals surface area contributed by atoms with Gasteiger partial charge in [0.15, 0.2) is 4.67 Å². The number of halogens is 1. The molecule has 2 aromatic heterocycles. The van der Waals surface area contributed by atoms with Crippen molar-refractivity contribution in [3.05, 3.63) is 63.7 Å². The Labute approximate surface area is 157 Å². The van der Waals surface area contributed by atoms with Crippen molar-refractivity contribution >= 4 is 33.5 Å². The van der Waals surface area contributed by atoms with E-state index in [-0.39, 0.29) is 5.91 Å². The number of carbonyl (C=O) groups is 1. The van der Waals surface area contributed by atoms with Crippen LogP contribution in [0.3, 0.4) is 0 Å². The number of hydrogen-bond donors (Lipinski definition) is 2. The van der Waals surface area contributed by atoms with Gasteiger partial charge >= 0.3 is 0 Å². The summed E-state index contributed by atoms with van der Waals surface area (Å²) in [5.41, 5.74) is 2.92. The predicted octanol–water partition coefficient (Wildman–Crippen LogP) is 3.26. The fourth-order valence-corrected chi connectivity index (χ4v) is 3.29. The van der Waals surface area contributed by atoms with E-state index in [0.717, 1.165) is 11.3 Å². The standard InChI is InChI=1S/C17H15BrN6O2/c1-9-4-3-5-11(8-9)20-16(25)14-10(2)19-17-21-22-23-24(17)15(14)12-6-7-13(18)26-12/h3-8,15H,1-2H3,(H,20,25)(H,19,21,23). The van der Waals surface area contributed by atoms with Gasteiger partial charge in [0.2, 0.25) is 5.95 Å². The second-order valence-electron chi connectivity index (χ2n) is 5.98. The van der Waals surface area contributed by atoms with E-state index in [1.54, 1.807) is 12.1 Å².